The molecular formula is C32H31Br2N5O7. The number of hydrogen-bond donors (Lipinski definition) is 4. The van der Waals surface area contributed by atoms with Crippen molar-refractivity contribution in [3.8, 4) is 23.3 Å². The fourth-order valence-corrected chi connectivity index (χ4v) is 5.89. The van der Waals surface area contributed by atoms with Crippen LogP contribution in [0.5, 0.6) is 17.2 Å². The molecule has 0 spiro atoms. The Bertz CT molecular complexity index is 1670. The Kier molecular flexibility index (Phi) is 12.0. The van der Waals surface area contributed by atoms with Crippen LogP contribution in [0.25, 0.3) is 0 Å². The van der Waals surface area contributed by atoms with E-state index in [0.29, 0.717) is 56.2 Å². The Morgan fingerprint density at radius 1 is 1.11 bits per heavy atom. The summed E-state index contributed by atoms with van der Waals surface area (Å²) in [5.41, 5.74) is 6.08. The fraction of sp³-hybridized carbons (Fsp3) is 0.250. The van der Waals surface area contributed by atoms with Crippen molar-refractivity contribution in [2.45, 2.75) is 32.7 Å². The van der Waals surface area contributed by atoms with E-state index in [2.05, 4.69) is 59.1 Å². The molecule has 2 amide bonds. The van der Waals surface area contributed by atoms with Crippen LogP contribution in [0.3, 0.4) is 0 Å². The predicted octanol–water partition coefficient (Wildman–Crippen LogP) is 5.18. The zero-order valence-corrected chi connectivity index (χ0v) is 28.3. The van der Waals surface area contributed by atoms with E-state index in [1.165, 1.54) is 13.3 Å². The minimum absolute atomic E-state index is 0.164. The van der Waals surface area contributed by atoms with Gasteiger partial charge in [0.2, 0.25) is 0 Å². The van der Waals surface area contributed by atoms with Gasteiger partial charge in [0.15, 0.2) is 17.7 Å². The smallest absolute Gasteiger partial charge is 0.337 e. The number of hydrogen-bond acceptors (Lipinski definition) is 10. The van der Waals surface area contributed by atoms with Crippen molar-refractivity contribution < 1.29 is 33.6 Å². The number of aliphatic hydroxyl groups excluding tert-OH is 1. The van der Waals surface area contributed by atoms with Crippen molar-refractivity contribution in [1.29, 1.82) is 5.26 Å². The largest absolute Gasteiger partial charge is 0.490 e. The third kappa shape index (κ3) is 8.78. The van der Waals surface area contributed by atoms with Gasteiger partial charge in [0.1, 0.15) is 19.0 Å². The lowest BCUT2D eigenvalue weighted by Crippen LogP contribution is -2.45. The summed E-state index contributed by atoms with van der Waals surface area (Å²) >= 11 is 7.05. The van der Waals surface area contributed by atoms with Crippen LogP contribution in [0.1, 0.15) is 42.1 Å². The van der Waals surface area contributed by atoms with Gasteiger partial charge in [-0.25, -0.2) is 9.59 Å². The molecule has 0 saturated heterocycles. The topological polar surface area (TPSA) is 164 Å². The summed E-state index contributed by atoms with van der Waals surface area (Å²) in [6.45, 7) is 3.91. The molecule has 3 aromatic carbocycles. The zero-order chi connectivity index (χ0) is 33.2. The first-order chi connectivity index (χ1) is 22.1. The lowest BCUT2D eigenvalue weighted by atomic mass is 9.95. The van der Waals surface area contributed by atoms with Gasteiger partial charge in [-0.3, -0.25) is 5.43 Å². The molecule has 0 bridgehead atoms. The molecule has 14 heteroatoms. The minimum Gasteiger partial charge on any atom is -0.490 e. The van der Waals surface area contributed by atoms with Crippen LogP contribution in [0.2, 0.25) is 0 Å². The van der Waals surface area contributed by atoms with Gasteiger partial charge < -0.3 is 34.7 Å². The van der Waals surface area contributed by atoms with Gasteiger partial charge in [0, 0.05) is 5.70 Å². The van der Waals surface area contributed by atoms with Crippen molar-refractivity contribution in [2.75, 3.05) is 20.3 Å². The van der Waals surface area contributed by atoms with E-state index in [0.717, 1.165) is 11.1 Å². The number of hydrazone groups is 1. The van der Waals surface area contributed by atoms with Crippen LogP contribution in [-0.4, -0.2) is 49.9 Å². The first kappa shape index (κ1) is 34.3. The van der Waals surface area contributed by atoms with E-state index in [1.807, 2.05) is 31.2 Å². The summed E-state index contributed by atoms with van der Waals surface area (Å²) in [4.78, 5) is 24.6. The van der Waals surface area contributed by atoms with Crippen molar-refractivity contribution in [2.24, 2.45) is 5.10 Å². The second-order valence-corrected chi connectivity index (χ2v) is 11.5. The number of rotatable bonds is 13. The highest BCUT2D eigenvalue weighted by molar-refractivity contribution is 9.11. The number of benzene rings is 3. The van der Waals surface area contributed by atoms with Gasteiger partial charge in [-0.2, -0.15) is 10.4 Å². The SMILES string of the molecule is CCOc1cc([C@@H]2NC(=O)NC(C)=C2C(=O)OC)ccc1OC[C@H](O)N/N=C/c1cc(Br)c(OCc2ccc(C#N)cc2)c(Br)c1. The minimum atomic E-state index is -1.16. The molecule has 1 aliphatic rings. The first-order valence-electron chi connectivity index (χ1n) is 14.0. The number of carbonyl (C=O) groups excluding carboxylic acids is 2. The number of allylic oxidation sites excluding steroid dienone is 1. The maximum Gasteiger partial charge on any atom is 0.337 e. The van der Waals surface area contributed by atoms with E-state index >= 15 is 0 Å². The van der Waals surface area contributed by atoms with Gasteiger partial charge in [-0.15, -0.1) is 0 Å². The van der Waals surface area contributed by atoms with Crippen molar-refractivity contribution in [3.05, 3.63) is 97.1 Å². The highest BCUT2D eigenvalue weighted by Crippen LogP contribution is 2.36. The second kappa shape index (κ2) is 16.1. The van der Waals surface area contributed by atoms with E-state index < -0.39 is 24.3 Å². The maximum atomic E-state index is 12.4. The molecule has 46 heavy (non-hydrogen) atoms. The number of nitriles is 1. The molecule has 0 saturated carbocycles. The van der Waals surface area contributed by atoms with E-state index in [-0.39, 0.29) is 12.2 Å². The van der Waals surface area contributed by atoms with Crippen molar-refractivity contribution in [1.82, 2.24) is 16.1 Å². The Balaban J connectivity index is 1.36. The fourth-order valence-electron chi connectivity index (χ4n) is 4.44. The van der Waals surface area contributed by atoms with Gasteiger partial charge in [0.05, 0.1) is 52.1 Å². The molecule has 240 valence electrons. The Morgan fingerprint density at radius 2 is 1.83 bits per heavy atom. The van der Waals surface area contributed by atoms with Crippen molar-refractivity contribution >= 4 is 50.1 Å². The standard InChI is InChI=1S/C32H31Br2N5O7/c1-4-44-26-13-22(29-28(31(41)43-3)18(2)37-32(42)38-29)9-10-25(26)45-17-27(40)39-36-15-21-11-23(33)30(24(34)12-21)46-16-20-7-5-19(14-35)6-8-20/h5-13,15,27,29,39-40H,4,16-17H2,1-3H3,(H2,37,38,42)/b36-15+/t27-,29-/m0/s1. The van der Waals surface area contributed by atoms with Crippen LogP contribution in [0, 0.1) is 11.3 Å². The van der Waals surface area contributed by atoms with Gasteiger partial charge in [-0.1, -0.05) is 18.2 Å². The number of halogens is 2. The molecule has 1 heterocycles. The molecule has 4 rings (SSSR count). The Morgan fingerprint density at radius 3 is 2.48 bits per heavy atom. The van der Waals surface area contributed by atoms with Crippen LogP contribution < -0.4 is 30.3 Å². The van der Waals surface area contributed by atoms with Crippen LogP contribution in [-0.2, 0) is 16.1 Å². The van der Waals surface area contributed by atoms with E-state index in [4.69, 9.17) is 24.2 Å². The Labute approximate surface area is 282 Å². The maximum absolute atomic E-state index is 12.4. The molecule has 0 fully saturated rings. The molecule has 0 unspecified atom stereocenters. The molecule has 1 aliphatic heterocycles. The molecule has 0 radical (unpaired) electrons. The predicted molar refractivity (Wildman–Crippen MR) is 176 cm³/mol. The quantitative estimate of drug-likeness (QED) is 0.0797. The zero-order valence-electron chi connectivity index (χ0n) is 25.1. The lowest BCUT2D eigenvalue weighted by molar-refractivity contribution is -0.136. The molecule has 2 atom stereocenters. The van der Waals surface area contributed by atoms with E-state index in [9.17, 15) is 14.7 Å². The molecule has 0 aliphatic carbocycles. The molecule has 12 nitrogen and oxygen atoms in total. The number of nitrogens with zero attached hydrogens (tertiary/aromatic N) is 2. The van der Waals surface area contributed by atoms with Gasteiger partial charge in [0.25, 0.3) is 0 Å². The molecule has 0 aromatic heterocycles. The monoisotopic (exact) mass is 755 g/mol. The average Bonchev–Trinajstić information content (AvgIpc) is 3.03. The highest BCUT2D eigenvalue weighted by atomic mass is 79.9. The number of ether oxygens (including phenoxy) is 4. The van der Waals surface area contributed by atoms with Gasteiger partial charge in [-0.05, 0) is 98.8 Å². The molecular weight excluding hydrogens is 726 g/mol. The Hall–Kier alpha value is -4.58. The van der Waals surface area contributed by atoms with Crippen LogP contribution in [0.15, 0.2) is 79.9 Å². The molecule has 4 N–H and O–H groups in total. The first-order valence-corrected chi connectivity index (χ1v) is 15.6. The molecule has 3 aromatic rings. The van der Waals surface area contributed by atoms with Crippen LogP contribution >= 0.6 is 31.9 Å². The summed E-state index contributed by atoms with van der Waals surface area (Å²) in [6.07, 6.45) is 0.373. The summed E-state index contributed by atoms with van der Waals surface area (Å²) in [7, 11) is 1.27. The summed E-state index contributed by atoms with van der Waals surface area (Å²) in [6, 6.07) is 16.6. The third-order valence-corrected chi connectivity index (χ3v) is 7.77. The number of esters is 1. The number of carbonyl (C=O) groups is 2. The summed E-state index contributed by atoms with van der Waals surface area (Å²) in [5, 5.41) is 28.9. The lowest BCUT2D eigenvalue weighted by Gasteiger charge is -2.28. The summed E-state index contributed by atoms with van der Waals surface area (Å²) in [5.74, 6) is 0.739. The van der Waals surface area contributed by atoms with Crippen molar-refractivity contribution in [3.63, 3.8) is 0 Å². The van der Waals surface area contributed by atoms with Crippen LogP contribution in [0.4, 0.5) is 4.79 Å². The highest BCUT2D eigenvalue weighted by Gasteiger charge is 2.32. The summed E-state index contributed by atoms with van der Waals surface area (Å²) < 4.78 is 23.8. The number of nitrogens with one attached hydrogen (secondary N) is 3. The van der Waals surface area contributed by atoms with Gasteiger partial charge >= 0.3 is 12.0 Å². The average molecular weight is 757 g/mol. The second-order valence-electron chi connectivity index (χ2n) is 9.83. The number of urea groups is 1. The number of methoxy groups -OCH3 is 1. The third-order valence-electron chi connectivity index (χ3n) is 6.60. The number of amides is 2. The normalized spacial score (nSPS) is 15.0. The van der Waals surface area contributed by atoms with E-state index in [1.54, 1.807) is 37.3 Å². The number of aliphatic hydroxyl groups is 1.